The van der Waals surface area contributed by atoms with Crippen LogP contribution in [0.25, 0.3) is 11.1 Å². The van der Waals surface area contributed by atoms with Crippen molar-refractivity contribution in [3.05, 3.63) is 47.5 Å². The largest absolute Gasteiger partial charge is 0.431 e. The van der Waals surface area contributed by atoms with Gasteiger partial charge in [-0.25, -0.2) is 13.4 Å². The molecular formula is C21H22ClN3O4S2. The van der Waals surface area contributed by atoms with Gasteiger partial charge in [-0.2, -0.15) is 4.31 Å². The number of anilines is 1. The molecule has 1 fully saturated rings. The molecule has 4 rings (SSSR count). The first kappa shape index (κ1) is 22.1. The number of thioether (sulfide) groups is 1. The van der Waals surface area contributed by atoms with E-state index in [0.717, 1.165) is 19.3 Å². The van der Waals surface area contributed by atoms with E-state index in [-0.39, 0.29) is 10.8 Å². The Kier molecular flexibility index (Phi) is 6.57. The van der Waals surface area contributed by atoms with Crippen molar-refractivity contribution in [1.29, 1.82) is 0 Å². The van der Waals surface area contributed by atoms with Crippen LogP contribution in [0, 0.1) is 0 Å². The maximum Gasteiger partial charge on any atom is 0.257 e. The summed E-state index contributed by atoms with van der Waals surface area (Å²) >= 11 is 7.03. The van der Waals surface area contributed by atoms with Gasteiger partial charge in [-0.3, -0.25) is 4.79 Å². The molecule has 1 saturated heterocycles. The molecule has 1 aromatic heterocycles. The molecule has 0 aliphatic carbocycles. The molecule has 0 radical (unpaired) electrons. The molecule has 0 saturated carbocycles. The maximum absolute atomic E-state index is 12.9. The Balaban J connectivity index is 1.47. The normalized spacial score (nSPS) is 16.3. The molecule has 2 heterocycles. The van der Waals surface area contributed by atoms with Gasteiger partial charge in [0, 0.05) is 23.8 Å². The monoisotopic (exact) mass is 479 g/mol. The van der Waals surface area contributed by atoms with Crippen LogP contribution in [0.1, 0.15) is 26.2 Å². The molecular weight excluding hydrogens is 458 g/mol. The maximum atomic E-state index is 12.9. The Morgan fingerprint density at radius 1 is 1.16 bits per heavy atom. The molecule has 31 heavy (non-hydrogen) atoms. The minimum absolute atomic E-state index is 0.206. The zero-order chi connectivity index (χ0) is 22.0. The first-order valence-corrected chi connectivity index (χ1v) is 12.7. The van der Waals surface area contributed by atoms with Crippen molar-refractivity contribution in [3.8, 4) is 0 Å². The molecule has 1 amide bonds. The predicted octanol–water partition coefficient (Wildman–Crippen LogP) is 4.78. The van der Waals surface area contributed by atoms with E-state index in [1.807, 2.05) is 0 Å². The Bertz CT molecular complexity index is 1190. The molecule has 1 N–H and O–H groups in total. The number of hydrogen-bond acceptors (Lipinski definition) is 6. The third-order valence-corrected chi connectivity index (χ3v) is 8.14. The molecule has 0 spiro atoms. The van der Waals surface area contributed by atoms with E-state index in [9.17, 15) is 13.2 Å². The molecule has 0 unspecified atom stereocenters. The van der Waals surface area contributed by atoms with Crippen molar-refractivity contribution in [2.75, 3.05) is 18.4 Å². The minimum Gasteiger partial charge on any atom is -0.431 e. The van der Waals surface area contributed by atoms with Crippen LogP contribution in [-0.4, -0.2) is 42.0 Å². The minimum atomic E-state index is -3.55. The average molecular weight is 480 g/mol. The van der Waals surface area contributed by atoms with Crippen LogP contribution < -0.4 is 5.32 Å². The zero-order valence-electron chi connectivity index (χ0n) is 16.9. The summed E-state index contributed by atoms with van der Waals surface area (Å²) in [6.45, 7) is 2.83. The number of rotatable bonds is 6. The summed E-state index contributed by atoms with van der Waals surface area (Å²) in [6, 6.07) is 11.5. The fraction of sp³-hybridized carbons (Fsp3) is 0.333. The number of aromatic nitrogens is 1. The Morgan fingerprint density at radius 3 is 2.58 bits per heavy atom. The van der Waals surface area contributed by atoms with E-state index < -0.39 is 15.3 Å². The van der Waals surface area contributed by atoms with Gasteiger partial charge in [-0.05, 0) is 62.2 Å². The average Bonchev–Trinajstić information content (AvgIpc) is 3.17. The van der Waals surface area contributed by atoms with Gasteiger partial charge in [0.2, 0.25) is 15.9 Å². The Labute approximate surface area is 190 Å². The first-order chi connectivity index (χ1) is 14.8. The topological polar surface area (TPSA) is 92.5 Å². The van der Waals surface area contributed by atoms with Crippen LogP contribution in [0.4, 0.5) is 5.69 Å². The van der Waals surface area contributed by atoms with Crippen LogP contribution in [0.5, 0.6) is 0 Å². The third kappa shape index (κ3) is 5.06. The number of sulfonamides is 1. The smallest absolute Gasteiger partial charge is 0.257 e. The van der Waals surface area contributed by atoms with E-state index in [0.29, 0.717) is 40.1 Å². The molecule has 164 valence electrons. The van der Waals surface area contributed by atoms with E-state index in [1.165, 1.54) is 22.1 Å². The molecule has 0 bridgehead atoms. The van der Waals surface area contributed by atoms with Gasteiger partial charge in [0.1, 0.15) is 5.52 Å². The zero-order valence-corrected chi connectivity index (χ0v) is 19.3. The molecule has 3 aromatic rings. The summed E-state index contributed by atoms with van der Waals surface area (Å²) in [6.07, 6.45) is 2.81. The number of halogens is 1. The van der Waals surface area contributed by atoms with E-state index in [1.54, 1.807) is 43.3 Å². The van der Waals surface area contributed by atoms with Crippen molar-refractivity contribution < 1.29 is 17.6 Å². The number of oxazole rings is 1. The Morgan fingerprint density at radius 2 is 1.87 bits per heavy atom. The molecule has 2 aromatic carbocycles. The summed E-state index contributed by atoms with van der Waals surface area (Å²) < 4.78 is 33.0. The van der Waals surface area contributed by atoms with Crippen LogP contribution in [-0.2, 0) is 14.8 Å². The fourth-order valence-corrected chi connectivity index (χ4v) is 5.75. The van der Waals surface area contributed by atoms with Gasteiger partial charge >= 0.3 is 0 Å². The van der Waals surface area contributed by atoms with Gasteiger partial charge in [0.25, 0.3) is 5.22 Å². The quantitative estimate of drug-likeness (QED) is 0.511. The second kappa shape index (κ2) is 9.20. The van der Waals surface area contributed by atoms with Crippen LogP contribution >= 0.6 is 23.4 Å². The van der Waals surface area contributed by atoms with Gasteiger partial charge in [0.05, 0.1) is 10.1 Å². The van der Waals surface area contributed by atoms with Gasteiger partial charge in [0.15, 0.2) is 5.58 Å². The van der Waals surface area contributed by atoms with Crippen molar-refractivity contribution in [3.63, 3.8) is 0 Å². The summed E-state index contributed by atoms with van der Waals surface area (Å²) in [5.41, 5.74) is 1.57. The SMILES string of the molecule is C[C@@H](Sc1nc2cc(S(=O)(=O)N3CCCCC3)ccc2o1)C(=O)Nc1ccc(Cl)cc1. The van der Waals surface area contributed by atoms with Crippen molar-refractivity contribution >= 4 is 56.1 Å². The van der Waals surface area contributed by atoms with Crippen LogP contribution in [0.15, 0.2) is 57.0 Å². The number of nitrogens with zero attached hydrogens (tertiary/aromatic N) is 2. The molecule has 7 nitrogen and oxygen atoms in total. The van der Waals surface area contributed by atoms with E-state index >= 15 is 0 Å². The standard InChI is InChI=1S/C21H22ClN3O4S2/c1-14(20(26)23-16-7-5-15(22)6-8-16)30-21-24-18-13-17(9-10-19(18)29-21)31(27,28)25-11-3-2-4-12-25/h5-10,13-14H,2-4,11-12H2,1H3,(H,23,26)/t14-/m1/s1. The highest BCUT2D eigenvalue weighted by Crippen LogP contribution is 2.30. The lowest BCUT2D eigenvalue weighted by atomic mass is 10.2. The fourth-order valence-electron chi connectivity index (χ4n) is 3.33. The number of piperidine rings is 1. The molecule has 1 aliphatic heterocycles. The lowest BCUT2D eigenvalue weighted by Crippen LogP contribution is -2.35. The number of carbonyl (C=O) groups is 1. The Hall–Kier alpha value is -2.07. The summed E-state index contributed by atoms with van der Waals surface area (Å²) in [7, 11) is -3.55. The van der Waals surface area contributed by atoms with E-state index in [4.69, 9.17) is 16.0 Å². The summed E-state index contributed by atoms with van der Waals surface area (Å²) in [5.74, 6) is -0.206. The van der Waals surface area contributed by atoms with E-state index in [2.05, 4.69) is 10.3 Å². The number of benzene rings is 2. The van der Waals surface area contributed by atoms with Crippen molar-refractivity contribution in [2.24, 2.45) is 0 Å². The second-order valence-corrected chi connectivity index (χ2v) is 11.0. The predicted molar refractivity (Wildman–Crippen MR) is 122 cm³/mol. The summed E-state index contributed by atoms with van der Waals surface area (Å²) in [4.78, 5) is 17.1. The van der Waals surface area contributed by atoms with Crippen molar-refractivity contribution in [2.45, 2.75) is 41.6 Å². The van der Waals surface area contributed by atoms with Crippen LogP contribution in [0.2, 0.25) is 5.02 Å². The number of amides is 1. The van der Waals surface area contributed by atoms with Gasteiger partial charge in [-0.1, -0.05) is 29.8 Å². The van der Waals surface area contributed by atoms with Gasteiger partial charge < -0.3 is 9.73 Å². The lowest BCUT2D eigenvalue weighted by molar-refractivity contribution is -0.115. The molecule has 1 aliphatic rings. The molecule has 10 heteroatoms. The summed E-state index contributed by atoms with van der Waals surface area (Å²) in [5, 5.41) is 3.24. The lowest BCUT2D eigenvalue weighted by Gasteiger charge is -2.25. The highest BCUT2D eigenvalue weighted by Gasteiger charge is 2.27. The van der Waals surface area contributed by atoms with Crippen LogP contribution in [0.3, 0.4) is 0 Å². The van der Waals surface area contributed by atoms with Gasteiger partial charge in [-0.15, -0.1) is 0 Å². The number of hydrogen-bond donors (Lipinski definition) is 1. The second-order valence-electron chi connectivity index (χ2n) is 7.33. The molecule has 1 atom stereocenters. The highest BCUT2D eigenvalue weighted by molar-refractivity contribution is 8.00. The number of carbonyl (C=O) groups excluding carboxylic acids is 1. The number of fused-ring (bicyclic) bond motifs is 1. The highest BCUT2D eigenvalue weighted by atomic mass is 35.5. The first-order valence-electron chi connectivity index (χ1n) is 9.97. The number of nitrogens with one attached hydrogen (secondary N) is 1. The van der Waals surface area contributed by atoms with Crippen molar-refractivity contribution in [1.82, 2.24) is 9.29 Å². The third-order valence-electron chi connectivity index (χ3n) is 5.05.